The molecule has 2 heteroatoms. The Kier molecular flexibility index (Phi) is 7.85. The average Bonchev–Trinajstić information content (AvgIpc) is 3.64. The van der Waals surface area contributed by atoms with Crippen molar-refractivity contribution in [1.82, 2.24) is 0 Å². The first-order valence-electron chi connectivity index (χ1n) is 18.4. The van der Waals surface area contributed by atoms with Crippen molar-refractivity contribution in [2.45, 2.75) is 0 Å². The van der Waals surface area contributed by atoms with E-state index in [1.807, 2.05) is 12.1 Å². The van der Waals surface area contributed by atoms with Gasteiger partial charge in [0.15, 0.2) is 0 Å². The number of benzene rings is 9. The Bertz CT molecular complexity index is 2920. The monoisotopic (exact) mass is 689 g/mol. The van der Waals surface area contributed by atoms with E-state index in [1.54, 1.807) is 0 Å². The third kappa shape index (κ3) is 5.71. The summed E-state index contributed by atoms with van der Waals surface area (Å²) in [5, 5.41) is 4.75. The molecule has 0 radical (unpaired) electrons. The lowest BCUT2D eigenvalue weighted by Gasteiger charge is -2.27. The van der Waals surface area contributed by atoms with E-state index in [9.17, 15) is 0 Å². The van der Waals surface area contributed by atoms with Crippen molar-refractivity contribution < 1.29 is 4.42 Å². The number of fused-ring (bicyclic) bond motifs is 4. The van der Waals surface area contributed by atoms with E-state index >= 15 is 0 Å². The molecule has 0 atom stereocenters. The lowest BCUT2D eigenvalue weighted by Crippen LogP contribution is -2.10. The second-order valence-electron chi connectivity index (χ2n) is 13.7. The van der Waals surface area contributed by atoms with E-state index in [1.165, 1.54) is 44.2 Å². The highest BCUT2D eigenvalue weighted by Crippen LogP contribution is 2.43. The Morgan fingerprint density at radius 3 is 1.72 bits per heavy atom. The summed E-state index contributed by atoms with van der Waals surface area (Å²) < 4.78 is 6.29. The molecule has 0 bridgehead atoms. The van der Waals surface area contributed by atoms with Crippen molar-refractivity contribution in [2.75, 3.05) is 4.90 Å². The van der Waals surface area contributed by atoms with Crippen LogP contribution in [-0.4, -0.2) is 0 Å². The molecule has 10 rings (SSSR count). The van der Waals surface area contributed by atoms with Gasteiger partial charge in [0, 0.05) is 27.8 Å². The molecule has 0 amide bonds. The van der Waals surface area contributed by atoms with Crippen LogP contribution in [0.3, 0.4) is 0 Å². The zero-order valence-corrected chi connectivity index (χ0v) is 29.6. The average molecular weight is 690 g/mol. The molecule has 0 saturated carbocycles. The highest BCUT2D eigenvalue weighted by molar-refractivity contribution is 6.12. The molecule has 0 unspecified atom stereocenters. The third-order valence-electron chi connectivity index (χ3n) is 10.5. The molecule has 0 aliphatic carbocycles. The van der Waals surface area contributed by atoms with Crippen molar-refractivity contribution >= 4 is 49.8 Å². The van der Waals surface area contributed by atoms with Crippen LogP contribution in [0.15, 0.2) is 217 Å². The van der Waals surface area contributed by atoms with E-state index in [0.29, 0.717) is 0 Å². The minimum atomic E-state index is 0.893. The van der Waals surface area contributed by atoms with Crippen LogP contribution in [0, 0.1) is 0 Å². The molecule has 0 spiro atoms. The Morgan fingerprint density at radius 1 is 0.296 bits per heavy atom. The summed E-state index contributed by atoms with van der Waals surface area (Å²) in [4.78, 5) is 2.38. The van der Waals surface area contributed by atoms with Gasteiger partial charge in [-0.3, -0.25) is 0 Å². The van der Waals surface area contributed by atoms with Crippen molar-refractivity contribution in [3.8, 4) is 44.5 Å². The lowest BCUT2D eigenvalue weighted by atomic mass is 9.93. The van der Waals surface area contributed by atoms with Gasteiger partial charge in [-0.25, -0.2) is 0 Å². The molecule has 10 aromatic rings. The molecule has 0 fully saturated rings. The fraction of sp³-hybridized carbons (Fsp3) is 0. The zero-order valence-electron chi connectivity index (χ0n) is 29.6. The van der Waals surface area contributed by atoms with Crippen LogP contribution < -0.4 is 4.90 Å². The smallest absolute Gasteiger partial charge is 0.136 e. The first-order chi connectivity index (χ1) is 26.8. The maximum atomic E-state index is 6.29. The molecule has 1 aromatic heterocycles. The van der Waals surface area contributed by atoms with Gasteiger partial charge in [0.2, 0.25) is 0 Å². The highest BCUT2D eigenvalue weighted by atomic mass is 16.3. The molecule has 254 valence electrons. The predicted octanol–water partition coefficient (Wildman–Crippen LogP) is 14.9. The molecule has 0 saturated heterocycles. The Labute approximate surface area is 314 Å². The van der Waals surface area contributed by atoms with Gasteiger partial charge in [-0.2, -0.15) is 0 Å². The van der Waals surface area contributed by atoms with Gasteiger partial charge >= 0.3 is 0 Å². The zero-order chi connectivity index (χ0) is 35.8. The molecule has 2 nitrogen and oxygen atoms in total. The minimum absolute atomic E-state index is 0.893. The maximum Gasteiger partial charge on any atom is 0.136 e. The van der Waals surface area contributed by atoms with Crippen LogP contribution >= 0.6 is 0 Å². The van der Waals surface area contributed by atoms with E-state index in [2.05, 4.69) is 205 Å². The predicted molar refractivity (Wildman–Crippen MR) is 228 cm³/mol. The summed E-state index contributed by atoms with van der Waals surface area (Å²) in [5.41, 5.74) is 14.4. The second-order valence-corrected chi connectivity index (χ2v) is 13.7. The molecule has 54 heavy (non-hydrogen) atoms. The number of furan rings is 1. The number of anilines is 3. The Balaban J connectivity index is 1.15. The summed E-state index contributed by atoms with van der Waals surface area (Å²) in [7, 11) is 0. The van der Waals surface area contributed by atoms with Crippen LogP contribution in [-0.2, 0) is 0 Å². The van der Waals surface area contributed by atoms with E-state index in [0.717, 1.165) is 50.1 Å². The van der Waals surface area contributed by atoms with Crippen molar-refractivity contribution in [2.24, 2.45) is 0 Å². The Morgan fingerprint density at radius 2 is 0.907 bits per heavy atom. The third-order valence-corrected chi connectivity index (χ3v) is 10.5. The molecule has 0 aliphatic rings. The van der Waals surface area contributed by atoms with E-state index < -0.39 is 0 Å². The number of rotatable bonds is 7. The van der Waals surface area contributed by atoms with Gasteiger partial charge in [0.1, 0.15) is 11.2 Å². The summed E-state index contributed by atoms with van der Waals surface area (Å²) >= 11 is 0. The van der Waals surface area contributed by atoms with Crippen LogP contribution in [0.1, 0.15) is 0 Å². The molecule has 9 aromatic carbocycles. The van der Waals surface area contributed by atoms with Crippen LogP contribution in [0.4, 0.5) is 17.1 Å². The fourth-order valence-corrected chi connectivity index (χ4v) is 7.84. The van der Waals surface area contributed by atoms with Crippen LogP contribution in [0.2, 0.25) is 0 Å². The number of hydrogen-bond donors (Lipinski definition) is 0. The molecule has 0 N–H and O–H groups in total. The van der Waals surface area contributed by atoms with Crippen molar-refractivity contribution in [3.05, 3.63) is 212 Å². The molecule has 0 aliphatic heterocycles. The highest BCUT2D eigenvalue weighted by Gasteiger charge is 2.19. The second kappa shape index (κ2) is 13.4. The number of hydrogen-bond acceptors (Lipinski definition) is 2. The lowest BCUT2D eigenvalue weighted by molar-refractivity contribution is 0.669. The quantitative estimate of drug-likeness (QED) is 0.166. The summed E-state index contributed by atoms with van der Waals surface area (Å²) in [6.07, 6.45) is 0. The normalized spacial score (nSPS) is 11.3. The van der Waals surface area contributed by atoms with Gasteiger partial charge in [-0.1, -0.05) is 158 Å². The van der Waals surface area contributed by atoms with Crippen molar-refractivity contribution in [1.29, 1.82) is 0 Å². The largest absolute Gasteiger partial charge is 0.456 e. The maximum absolute atomic E-state index is 6.29. The number of para-hydroxylation sites is 1. The first-order valence-corrected chi connectivity index (χ1v) is 18.4. The Hall–Kier alpha value is -7.16. The van der Waals surface area contributed by atoms with Crippen LogP contribution in [0.25, 0.3) is 77.2 Å². The summed E-state index contributed by atoms with van der Waals surface area (Å²) in [6, 6.07) is 76.0. The minimum Gasteiger partial charge on any atom is -0.456 e. The SMILES string of the molecule is c1ccc(-c2ccc(N(c3ccc(-c4ccc5ccccc5c4)cc3)c3cccc(-c4cccc5oc6ccccc6c45)c3)cc2-c2ccccc2)cc1. The fourth-order valence-electron chi connectivity index (χ4n) is 7.84. The van der Waals surface area contributed by atoms with Gasteiger partial charge in [0.05, 0.1) is 0 Å². The topological polar surface area (TPSA) is 16.4 Å². The van der Waals surface area contributed by atoms with E-state index in [4.69, 9.17) is 4.42 Å². The van der Waals surface area contributed by atoms with Gasteiger partial charge in [-0.05, 0) is 110 Å². The molecular formula is C52H35NO. The number of nitrogens with zero attached hydrogens (tertiary/aromatic N) is 1. The molecule has 1 heterocycles. The van der Waals surface area contributed by atoms with E-state index in [-0.39, 0.29) is 0 Å². The standard InChI is InChI=1S/C52H35NO/c1-3-14-38(15-4-1)46-32-31-45(35-49(46)39-16-5-2-6-17-39)53(43-29-27-37(28-30-43)41-26-25-36-13-7-8-18-40(36)33-41)44-20-11-19-42(34-44)47-22-12-24-51-52(47)48-21-9-10-23-50(48)54-51/h1-35H. The van der Waals surface area contributed by atoms with Gasteiger partial charge in [0.25, 0.3) is 0 Å². The molecular weight excluding hydrogens is 655 g/mol. The van der Waals surface area contributed by atoms with Crippen molar-refractivity contribution in [3.63, 3.8) is 0 Å². The first kappa shape index (κ1) is 31.6. The van der Waals surface area contributed by atoms with Crippen LogP contribution in [0.5, 0.6) is 0 Å². The summed E-state index contributed by atoms with van der Waals surface area (Å²) in [5.74, 6) is 0. The van der Waals surface area contributed by atoms with Gasteiger partial charge in [-0.15, -0.1) is 0 Å². The van der Waals surface area contributed by atoms with Gasteiger partial charge < -0.3 is 9.32 Å². The summed E-state index contributed by atoms with van der Waals surface area (Å²) in [6.45, 7) is 0.